The minimum Gasteiger partial charge on any atom is -0.349 e. The van der Waals surface area contributed by atoms with Crippen molar-refractivity contribution in [3.63, 3.8) is 0 Å². The van der Waals surface area contributed by atoms with Crippen molar-refractivity contribution in [2.45, 2.75) is 30.8 Å². The van der Waals surface area contributed by atoms with E-state index >= 15 is 0 Å². The van der Waals surface area contributed by atoms with Crippen molar-refractivity contribution in [3.8, 4) is 0 Å². The van der Waals surface area contributed by atoms with Gasteiger partial charge in [0, 0.05) is 31.5 Å². The highest BCUT2D eigenvalue weighted by Gasteiger charge is 2.32. The maximum absolute atomic E-state index is 12.8. The van der Waals surface area contributed by atoms with Crippen LogP contribution in [-0.2, 0) is 22.0 Å². The first-order valence-electron chi connectivity index (χ1n) is 9.00. The van der Waals surface area contributed by atoms with E-state index in [1.807, 2.05) is 0 Å². The van der Waals surface area contributed by atoms with Crippen LogP contribution in [0.4, 0.5) is 13.2 Å². The van der Waals surface area contributed by atoms with Gasteiger partial charge in [0.05, 0.1) is 16.9 Å². The summed E-state index contributed by atoms with van der Waals surface area (Å²) in [4.78, 5) is 16.1. The number of piperidine rings is 1. The summed E-state index contributed by atoms with van der Waals surface area (Å²) < 4.78 is 65.0. The lowest BCUT2D eigenvalue weighted by Gasteiger charge is -2.31. The Morgan fingerprint density at radius 1 is 1.17 bits per heavy atom. The molecule has 1 N–H and O–H groups in total. The summed E-state index contributed by atoms with van der Waals surface area (Å²) in [5, 5.41) is 2.86. The molecule has 10 heteroatoms. The molecule has 29 heavy (non-hydrogen) atoms. The molecule has 2 aromatic rings. The van der Waals surface area contributed by atoms with E-state index in [1.165, 1.54) is 22.6 Å². The Labute approximate surface area is 166 Å². The van der Waals surface area contributed by atoms with E-state index in [4.69, 9.17) is 0 Å². The first-order valence-corrected chi connectivity index (χ1v) is 10.6. The summed E-state index contributed by atoms with van der Waals surface area (Å²) >= 11 is 0. The van der Waals surface area contributed by atoms with Crippen molar-refractivity contribution in [3.05, 3.63) is 65.5 Å². The van der Waals surface area contributed by atoms with Gasteiger partial charge in [0.25, 0.3) is 5.91 Å². The maximum Gasteiger partial charge on any atom is 0.416 e. The predicted octanol–water partition coefficient (Wildman–Crippen LogP) is 2.82. The Balaban J connectivity index is 1.58. The Morgan fingerprint density at radius 3 is 2.52 bits per heavy atom. The van der Waals surface area contributed by atoms with Crippen molar-refractivity contribution in [2.24, 2.45) is 0 Å². The first-order chi connectivity index (χ1) is 13.6. The van der Waals surface area contributed by atoms with Crippen molar-refractivity contribution < 1.29 is 26.4 Å². The molecule has 1 aromatic carbocycles. The Kier molecular flexibility index (Phi) is 6.23. The summed E-state index contributed by atoms with van der Waals surface area (Å²) in [6.07, 6.45) is -0.666. The number of nitrogens with one attached hydrogen (secondary N) is 1. The van der Waals surface area contributed by atoms with Crippen LogP contribution in [0.1, 0.15) is 34.3 Å². The number of halogens is 3. The molecule has 0 bridgehead atoms. The van der Waals surface area contributed by atoms with Crippen LogP contribution in [0.3, 0.4) is 0 Å². The highest BCUT2D eigenvalue weighted by molar-refractivity contribution is 7.88. The second-order valence-electron chi connectivity index (χ2n) is 6.84. The van der Waals surface area contributed by atoms with Crippen LogP contribution in [0.5, 0.6) is 0 Å². The molecule has 0 radical (unpaired) electrons. The van der Waals surface area contributed by atoms with Gasteiger partial charge >= 0.3 is 6.18 Å². The fourth-order valence-corrected chi connectivity index (χ4v) is 4.73. The van der Waals surface area contributed by atoms with Gasteiger partial charge < -0.3 is 5.32 Å². The number of carbonyl (C=O) groups is 1. The van der Waals surface area contributed by atoms with Gasteiger partial charge in [-0.2, -0.15) is 13.2 Å². The van der Waals surface area contributed by atoms with E-state index in [0.29, 0.717) is 18.4 Å². The largest absolute Gasteiger partial charge is 0.416 e. The third-order valence-electron chi connectivity index (χ3n) is 4.71. The van der Waals surface area contributed by atoms with E-state index in [9.17, 15) is 26.4 Å². The molecule has 1 aliphatic rings. The van der Waals surface area contributed by atoms with Gasteiger partial charge in [-0.15, -0.1) is 0 Å². The van der Waals surface area contributed by atoms with E-state index in [1.54, 1.807) is 18.3 Å². The number of rotatable bonds is 5. The first kappa shape index (κ1) is 21.3. The molecule has 2 heterocycles. The van der Waals surface area contributed by atoms with E-state index in [2.05, 4.69) is 10.3 Å². The highest BCUT2D eigenvalue weighted by Crippen LogP contribution is 2.30. The standard InChI is InChI=1S/C19H20F3N3O3S/c20-19(21,22)16-5-1-3-14(11-16)13-29(27,28)25-9-6-17(7-10-25)24-18(26)15-4-2-8-23-12-15/h1-5,8,11-12,17H,6-7,9-10,13H2,(H,24,26). The number of hydrogen-bond acceptors (Lipinski definition) is 4. The molecule has 1 amide bonds. The van der Waals surface area contributed by atoms with Gasteiger partial charge in [-0.05, 0) is 36.6 Å². The lowest BCUT2D eigenvalue weighted by atomic mass is 10.1. The van der Waals surface area contributed by atoms with Gasteiger partial charge in [0.2, 0.25) is 10.0 Å². The van der Waals surface area contributed by atoms with E-state index in [0.717, 1.165) is 12.1 Å². The Morgan fingerprint density at radius 2 is 1.90 bits per heavy atom. The molecule has 0 aliphatic carbocycles. The van der Waals surface area contributed by atoms with Crippen molar-refractivity contribution in [1.82, 2.24) is 14.6 Å². The summed E-state index contributed by atoms with van der Waals surface area (Å²) in [5.74, 6) is -0.771. The lowest BCUT2D eigenvalue weighted by Crippen LogP contribution is -2.46. The van der Waals surface area contributed by atoms with E-state index in [-0.39, 0.29) is 30.6 Å². The molecule has 3 rings (SSSR count). The molecule has 6 nitrogen and oxygen atoms in total. The Hall–Kier alpha value is -2.46. The van der Waals surface area contributed by atoms with Crippen molar-refractivity contribution >= 4 is 15.9 Å². The molecule has 1 fully saturated rings. The molecule has 0 atom stereocenters. The SMILES string of the molecule is O=C(NC1CCN(S(=O)(=O)Cc2cccc(C(F)(F)F)c2)CC1)c1cccnc1. The van der Waals surface area contributed by atoms with Crippen molar-refractivity contribution in [1.29, 1.82) is 0 Å². The third kappa shape index (κ3) is 5.54. The number of hydrogen-bond donors (Lipinski definition) is 1. The van der Waals surface area contributed by atoms with Gasteiger partial charge in [0.15, 0.2) is 0 Å². The quantitative estimate of drug-likeness (QED) is 0.796. The van der Waals surface area contributed by atoms with Crippen LogP contribution in [0.25, 0.3) is 0 Å². The average molecular weight is 427 g/mol. The summed E-state index contributed by atoms with van der Waals surface area (Å²) in [7, 11) is -3.76. The number of amides is 1. The number of nitrogens with zero attached hydrogens (tertiary/aromatic N) is 2. The Bertz CT molecular complexity index is 957. The zero-order chi connectivity index (χ0) is 21.1. The van der Waals surface area contributed by atoms with Gasteiger partial charge in [-0.3, -0.25) is 9.78 Å². The highest BCUT2D eigenvalue weighted by atomic mass is 32.2. The molecule has 156 valence electrons. The summed E-state index contributed by atoms with van der Waals surface area (Å²) in [5.41, 5.74) is -0.360. The molecule has 1 aliphatic heterocycles. The minimum absolute atomic E-state index is 0.0897. The van der Waals surface area contributed by atoms with Gasteiger partial charge in [0.1, 0.15) is 0 Å². The third-order valence-corrected chi connectivity index (χ3v) is 6.56. The summed E-state index contributed by atoms with van der Waals surface area (Å²) in [6.45, 7) is 0.387. The fraction of sp³-hybridized carbons (Fsp3) is 0.368. The summed E-state index contributed by atoms with van der Waals surface area (Å²) in [6, 6.07) is 7.45. The lowest BCUT2D eigenvalue weighted by molar-refractivity contribution is -0.137. The van der Waals surface area contributed by atoms with Crippen LogP contribution in [0.2, 0.25) is 0 Å². The second-order valence-corrected chi connectivity index (χ2v) is 8.81. The topological polar surface area (TPSA) is 79.4 Å². The smallest absolute Gasteiger partial charge is 0.349 e. The monoisotopic (exact) mass is 427 g/mol. The van der Waals surface area contributed by atoms with Crippen LogP contribution in [0.15, 0.2) is 48.8 Å². The number of carbonyl (C=O) groups excluding carboxylic acids is 1. The molecular formula is C19H20F3N3O3S. The van der Waals surface area contributed by atoms with Gasteiger partial charge in [-0.1, -0.05) is 18.2 Å². The average Bonchev–Trinajstić information content (AvgIpc) is 2.68. The number of benzene rings is 1. The minimum atomic E-state index is -4.52. The zero-order valence-corrected chi connectivity index (χ0v) is 16.2. The molecule has 0 spiro atoms. The maximum atomic E-state index is 12.8. The van der Waals surface area contributed by atoms with Crippen LogP contribution < -0.4 is 5.32 Å². The number of alkyl halides is 3. The molecular weight excluding hydrogens is 407 g/mol. The van der Waals surface area contributed by atoms with Crippen LogP contribution >= 0.6 is 0 Å². The number of sulfonamides is 1. The van der Waals surface area contributed by atoms with Crippen molar-refractivity contribution in [2.75, 3.05) is 13.1 Å². The molecule has 0 saturated carbocycles. The van der Waals surface area contributed by atoms with Crippen LogP contribution in [0, 0.1) is 0 Å². The number of aromatic nitrogens is 1. The fourth-order valence-electron chi connectivity index (χ4n) is 3.18. The van der Waals surface area contributed by atoms with Gasteiger partial charge in [-0.25, -0.2) is 12.7 Å². The predicted molar refractivity (Wildman–Crippen MR) is 100 cm³/mol. The number of pyridine rings is 1. The molecule has 0 unspecified atom stereocenters. The zero-order valence-electron chi connectivity index (χ0n) is 15.4. The second kappa shape index (κ2) is 8.50. The van der Waals surface area contributed by atoms with E-state index < -0.39 is 27.5 Å². The normalized spacial score (nSPS) is 16.5. The molecule has 1 saturated heterocycles. The molecule has 1 aromatic heterocycles. The van der Waals surface area contributed by atoms with Crippen LogP contribution in [-0.4, -0.2) is 42.7 Å².